The van der Waals surface area contributed by atoms with Crippen LogP contribution in [0.4, 0.5) is 0 Å². The maximum atomic E-state index is 13.1. The van der Waals surface area contributed by atoms with Crippen LogP contribution in [0.1, 0.15) is 264 Å². The minimum atomic E-state index is -1.71. The van der Waals surface area contributed by atoms with Crippen molar-refractivity contribution in [2.45, 2.75) is 332 Å². The number of hydrogen-bond donors (Lipinski definition) is 7. The second-order valence-corrected chi connectivity index (χ2v) is 22.2. The van der Waals surface area contributed by atoms with E-state index in [1.54, 1.807) is 0 Å². The van der Waals surface area contributed by atoms with Crippen molar-refractivity contribution in [3.63, 3.8) is 0 Å². The van der Waals surface area contributed by atoms with E-state index in [-0.39, 0.29) is 25.6 Å². The van der Waals surface area contributed by atoms with Crippen molar-refractivity contribution in [2.24, 2.45) is 0 Å². The van der Waals surface area contributed by atoms with Gasteiger partial charge in [-0.2, -0.15) is 0 Å². The van der Waals surface area contributed by atoms with Gasteiger partial charge < -0.3 is 64.2 Å². The molecule has 0 bridgehead atoms. The Labute approximate surface area is 462 Å². The maximum absolute atomic E-state index is 13.1. The number of allylic oxidation sites excluding steroid dienone is 4. The zero-order chi connectivity index (χ0) is 55.1. The van der Waals surface area contributed by atoms with Crippen LogP contribution in [0.25, 0.3) is 0 Å². The molecule has 0 aromatic rings. The first kappa shape index (κ1) is 70.6. The Morgan fingerprint density at radius 3 is 1.28 bits per heavy atom. The SMILES string of the molecule is CCCCCC/C=C\C/C=C\CCCCCCCCCC(=O)OC(COCCCCCCCCCCCCCCCCCCCCCCCCCC)COC1OC(COC2OC(CO)C(O)C(O)C2O)C(O)C(O)C1O. The van der Waals surface area contributed by atoms with Crippen molar-refractivity contribution in [1.82, 2.24) is 0 Å². The van der Waals surface area contributed by atoms with E-state index in [2.05, 4.69) is 38.2 Å². The molecule has 448 valence electrons. The summed E-state index contributed by atoms with van der Waals surface area (Å²) in [5.74, 6) is -0.378. The molecule has 76 heavy (non-hydrogen) atoms. The number of carbonyl (C=O) groups excluding carboxylic acids is 1. The second kappa shape index (κ2) is 49.3. The molecule has 14 nitrogen and oxygen atoms in total. The van der Waals surface area contributed by atoms with Crippen LogP contribution >= 0.6 is 0 Å². The molecule has 11 unspecified atom stereocenters. The molecule has 0 amide bonds. The van der Waals surface area contributed by atoms with Crippen LogP contribution in [0.5, 0.6) is 0 Å². The molecule has 14 heteroatoms. The van der Waals surface area contributed by atoms with Crippen LogP contribution in [0, 0.1) is 0 Å². The summed E-state index contributed by atoms with van der Waals surface area (Å²) in [6.45, 7) is 3.72. The molecule has 0 saturated carbocycles. The second-order valence-electron chi connectivity index (χ2n) is 22.2. The molecule has 2 aliphatic rings. The standard InChI is InChI=1S/C62H116O14/c1-3-5-7-9-11-13-15-17-19-21-23-24-25-26-27-28-30-32-34-36-38-40-42-44-46-71-48-51(74-54(64)45-43-41-39-37-35-33-31-29-22-20-18-16-14-12-10-8-6-4-2)49-72-61-60(70)58(68)56(66)53(76-61)50-73-62-59(69)57(67)55(65)52(47-63)75-62/h14,16,20,22,51-53,55-63,65-70H,3-13,15,17-19,21,23-50H2,1-2H3/b16-14-,22-20-. The monoisotopic (exact) mass is 1080 g/mol. The van der Waals surface area contributed by atoms with Gasteiger partial charge in [-0.05, 0) is 44.9 Å². The zero-order valence-electron chi connectivity index (χ0n) is 48.3. The van der Waals surface area contributed by atoms with Gasteiger partial charge in [-0.15, -0.1) is 0 Å². The zero-order valence-corrected chi connectivity index (χ0v) is 48.3. The Balaban J connectivity index is 1.67. The first-order valence-electron chi connectivity index (χ1n) is 31.4. The molecule has 2 aliphatic heterocycles. The first-order chi connectivity index (χ1) is 37.1. The molecule has 0 radical (unpaired) electrons. The minimum Gasteiger partial charge on any atom is -0.457 e. The van der Waals surface area contributed by atoms with Gasteiger partial charge in [0.05, 0.1) is 26.4 Å². The van der Waals surface area contributed by atoms with Gasteiger partial charge >= 0.3 is 5.97 Å². The molecule has 0 spiro atoms. The Morgan fingerprint density at radius 1 is 0.434 bits per heavy atom. The van der Waals surface area contributed by atoms with Crippen molar-refractivity contribution in [1.29, 1.82) is 0 Å². The van der Waals surface area contributed by atoms with Gasteiger partial charge in [-0.25, -0.2) is 0 Å². The average molecular weight is 1090 g/mol. The Bertz CT molecular complexity index is 1350. The lowest BCUT2D eigenvalue weighted by molar-refractivity contribution is -0.332. The maximum Gasteiger partial charge on any atom is 0.306 e. The highest BCUT2D eigenvalue weighted by Gasteiger charge is 2.47. The van der Waals surface area contributed by atoms with Crippen LogP contribution < -0.4 is 0 Å². The highest BCUT2D eigenvalue weighted by Crippen LogP contribution is 2.27. The number of ether oxygens (including phenoxy) is 6. The van der Waals surface area contributed by atoms with Gasteiger partial charge in [0.1, 0.15) is 54.9 Å². The smallest absolute Gasteiger partial charge is 0.306 e. The summed E-state index contributed by atoms with van der Waals surface area (Å²) < 4.78 is 34.5. The summed E-state index contributed by atoms with van der Waals surface area (Å²) in [5, 5.41) is 72.4. The summed E-state index contributed by atoms with van der Waals surface area (Å²) in [5.41, 5.74) is 0. The van der Waals surface area contributed by atoms with Crippen molar-refractivity contribution in [3.05, 3.63) is 24.3 Å². The molecular formula is C62H116O14. The molecule has 0 aromatic heterocycles. The number of carbonyl (C=O) groups is 1. The summed E-state index contributed by atoms with van der Waals surface area (Å²) in [6, 6.07) is 0. The minimum absolute atomic E-state index is 0.0632. The Hall–Kier alpha value is -1.53. The molecule has 2 fully saturated rings. The molecule has 0 aromatic carbocycles. The van der Waals surface area contributed by atoms with E-state index in [9.17, 15) is 40.5 Å². The van der Waals surface area contributed by atoms with E-state index in [0.29, 0.717) is 13.0 Å². The van der Waals surface area contributed by atoms with Crippen LogP contribution in [0.15, 0.2) is 24.3 Å². The highest BCUT2D eigenvalue weighted by atomic mass is 16.7. The molecular weight excluding hydrogens is 969 g/mol. The normalized spacial score (nSPS) is 24.5. The summed E-state index contributed by atoms with van der Waals surface area (Å²) in [4.78, 5) is 13.1. The van der Waals surface area contributed by atoms with Gasteiger partial charge in [0.25, 0.3) is 0 Å². The predicted molar refractivity (Wildman–Crippen MR) is 303 cm³/mol. The topological polar surface area (TPSA) is 214 Å². The Morgan fingerprint density at radius 2 is 0.816 bits per heavy atom. The average Bonchev–Trinajstić information content (AvgIpc) is 3.42. The molecule has 0 aliphatic carbocycles. The quantitative estimate of drug-likeness (QED) is 0.0172. The number of esters is 1. The molecule has 7 N–H and O–H groups in total. The largest absolute Gasteiger partial charge is 0.457 e. The number of unbranched alkanes of at least 4 members (excludes halogenated alkanes) is 34. The first-order valence-corrected chi connectivity index (χ1v) is 31.4. The van der Waals surface area contributed by atoms with E-state index in [1.807, 2.05) is 0 Å². The van der Waals surface area contributed by atoms with Gasteiger partial charge in [-0.1, -0.05) is 237 Å². The summed E-state index contributed by atoms with van der Waals surface area (Å²) in [6.07, 6.45) is 41.0. The molecule has 2 heterocycles. The van der Waals surface area contributed by atoms with Crippen LogP contribution in [-0.2, 0) is 33.2 Å². The third-order valence-corrected chi connectivity index (χ3v) is 15.2. The van der Waals surface area contributed by atoms with E-state index >= 15 is 0 Å². The fraction of sp³-hybridized carbons (Fsp3) is 0.919. The number of aliphatic hydroxyl groups is 7. The lowest BCUT2D eigenvalue weighted by atomic mass is 9.98. The predicted octanol–water partition coefficient (Wildman–Crippen LogP) is 11.9. The number of hydrogen-bond acceptors (Lipinski definition) is 14. The molecule has 2 saturated heterocycles. The van der Waals surface area contributed by atoms with E-state index in [0.717, 1.165) is 51.4 Å². The van der Waals surface area contributed by atoms with E-state index in [4.69, 9.17) is 28.4 Å². The van der Waals surface area contributed by atoms with Crippen LogP contribution in [0.2, 0.25) is 0 Å². The van der Waals surface area contributed by atoms with Gasteiger partial charge in [0, 0.05) is 13.0 Å². The third-order valence-electron chi connectivity index (χ3n) is 15.2. The lowest BCUT2D eigenvalue weighted by Gasteiger charge is -2.42. The fourth-order valence-corrected chi connectivity index (χ4v) is 10.1. The van der Waals surface area contributed by atoms with Gasteiger partial charge in [0.15, 0.2) is 12.6 Å². The van der Waals surface area contributed by atoms with Gasteiger partial charge in [0.2, 0.25) is 0 Å². The molecule has 11 atom stereocenters. The van der Waals surface area contributed by atoms with E-state index < -0.39 is 80.7 Å². The number of rotatable bonds is 52. The fourth-order valence-electron chi connectivity index (χ4n) is 10.1. The van der Waals surface area contributed by atoms with Gasteiger partial charge in [-0.3, -0.25) is 4.79 Å². The molecule has 2 rings (SSSR count). The van der Waals surface area contributed by atoms with Crippen molar-refractivity contribution >= 4 is 5.97 Å². The summed E-state index contributed by atoms with van der Waals surface area (Å²) in [7, 11) is 0. The third kappa shape index (κ3) is 35.3. The van der Waals surface area contributed by atoms with Crippen molar-refractivity contribution in [2.75, 3.05) is 33.0 Å². The van der Waals surface area contributed by atoms with Crippen molar-refractivity contribution < 1.29 is 69.0 Å². The van der Waals surface area contributed by atoms with E-state index in [1.165, 1.54) is 186 Å². The summed E-state index contributed by atoms with van der Waals surface area (Å²) >= 11 is 0. The van der Waals surface area contributed by atoms with Crippen molar-refractivity contribution in [3.8, 4) is 0 Å². The lowest BCUT2D eigenvalue weighted by Crippen LogP contribution is -2.61. The Kier molecular flexibility index (Phi) is 45.8. The van der Waals surface area contributed by atoms with Crippen LogP contribution in [0.3, 0.4) is 0 Å². The highest BCUT2D eigenvalue weighted by molar-refractivity contribution is 5.69. The number of aliphatic hydroxyl groups excluding tert-OH is 7. The van der Waals surface area contributed by atoms with Crippen LogP contribution in [-0.4, -0.2) is 142 Å².